The molecule has 3 aromatic rings. The molecular weight excluding hydrogens is 351 g/mol. The second-order valence-electron chi connectivity index (χ2n) is 5.96. The summed E-state index contributed by atoms with van der Waals surface area (Å²) in [5, 5.41) is -0.0374. The number of benzene rings is 1. The summed E-state index contributed by atoms with van der Waals surface area (Å²) in [5.41, 5.74) is 9.26. The average molecular weight is 368 g/mol. The van der Waals surface area contributed by atoms with Gasteiger partial charge in [0.2, 0.25) is 0 Å². The van der Waals surface area contributed by atoms with Gasteiger partial charge in [-0.05, 0) is 37.6 Å². The van der Waals surface area contributed by atoms with E-state index in [2.05, 4.69) is 4.98 Å². The highest BCUT2D eigenvalue weighted by Crippen LogP contribution is 2.36. The van der Waals surface area contributed by atoms with E-state index in [4.69, 9.17) is 17.3 Å². The number of alkyl halides is 3. The number of rotatable bonds is 3. The van der Waals surface area contributed by atoms with Crippen LogP contribution in [0.2, 0.25) is 5.02 Å². The van der Waals surface area contributed by atoms with Crippen LogP contribution in [0, 0.1) is 13.8 Å². The minimum absolute atomic E-state index is 0.0374. The molecule has 2 heterocycles. The van der Waals surface area contributed by atoms with Gasteiger partial charge in [0.25, 0.3) is 0 Å². The lowest BCUT2D eigenvalue weighted by atomic mass is 9.99. The summed E-state index contributed by atoms with van der Waals surface area (Å²) < 4.78 is 41.1. The maximum atomic E-state index is 13.2. The normalized spacial score (nSPS) is 12.1. The van der Waals surface area contributed by atoms with E-state index in [1.54, 1.807) is 0 Å². The van der Waals surface area contributed by atoms with Crippen LogP contribution >= 0.6 is 11.6 Å². The summed E-state index contributed by atoms with van der Waals surface area (Å²) in [6, 6.07) is 6.61. The first kappa shape index (κ1) is 17.8. The van der Waals surface area contributed by atoms with Crippen LogP contribution in [0.5, 0.6) is 0 Å². The molecule has 0 saturated heterocycles. The van der Waals surface area contributed by atoms with E-state index in [0.717, 1.165) is 29.0 Å². The van der Waals surface area contributed by atoms with Gasteiger partial charge in [-0.3, -0.25) is 4.40 Å². The first-order valence-corrected chi connectivity index (χ1v) is 8.16. The van der Waals surface area contributed by atoms with Gasteiger partial charge in [0.1, 0.15) is 0 Å². The third-order valence-electron chi connectivity index (χ3n) is 4.32. The standard InChI is InChI=1S/C18H17ClF3N3/c1-10-4-3-5-13(11(10)2)16-15(6-7-23)24-17-14(19)8-12(9-25(16)17)18(20,21)22/h3-5,8-9H,6-7,23H2,1-2H3. The second kappa shape index (κ2) is 6.35. The molecule has 0 spiro atoms. The molecule has 0 aliphatic heterocycles. The fourth-order valence-corrected chi connectivity index (χ4v) is 3.16. The van der Waals surface area contributed by atoms with E-state index >= 15 is 0 Å². The Labute approximate surface area is 148 Å². The molecule has 0 aliphatic rings. The minimum atomic E-state index is -4.49. The largest absolute Gasteiger partial charge is 0.417 e. The minimum Gasteiger partial charge on any atom is -0.330 e. The molecule has 2 N–H and O–H groups in total. The fourth-order valence-electron chi connectivity index (χ4n) is 2.91. The molecule has 0 unspecified atom stereocenters. The quantitative estimate of drug-likeness (QED) is 0.723. The average Bonchev–Trinajstić information content (AvgIpc) is 2.88. The Hall–Kier alpha value is -2.05. The topological polar surface area (TPSA) is 43.3 Å². The molecular formula is C18H17ClF3N3. The second-order valence-corrected chi connectivity index (χ2v) is 6.37. The summed E-state index contributed by atoms with van der Waals surface area (Å²) in [7, 11) is 0. The summed E-state index contributed by atoms with van der Waals surface area (Å²) in [6.45, 7) is 4.23. The molecule has 25 heavy (non-hydrogen) atoms. The number of aryl methyl sites for hydroxylation is 1. The Bertz CT molecular complexity index is 945. The van der Waals surface area contributed by atoms with Crippen molar-refractivity contribution in [2.45, 2.75) is 26.4 Å². The van der Waals surface area contributed by atoms with Crippen molar-refractivity contribution in [2.75, 3.05) is 6.54 Å². The highest BCUT2D eigenvalue weighted by Gasteiger charge is 2.32. The van der Waals surface area contributed by atoms with E-state index in [0.29, 0.717) is 30.0 Å². The van der Waals surface area contributed by atoms with E-state index < -0.39 is 11.7 Å². The maximum Gasteiger partial charge on any atom is 0.417 e. The van der Waals surface area contributed by atoms with Crippen LogP contribution in [0.3, 0.4) is 0 Å². The van der Waals surface area contributed by atoms with Crippen LogP contribution in [0.1, 0.15) is 22.4 Å². The Morgan fingerprint density at radius 2 is 1.96 bits per heavy atom. The number of hydrogen-bond donors (Lipinski definition) is 1. The third-order valence-corrected chi connectivity index (χ3v) is 4.59. The molecule has 0 bridgehead atoms. The molecule has 0 amide bonds. The molecule has 3 rings (SSSR count). The zero-order chi connectivity index (χ0) is 18.4. The molecule has 0 saturated carbocycles. The summed E-state index contributed by atoms with van der Waals surface area (Å²) in [5.74, 6) is 0. The van der Waals surface area contributed by atoms with Gasteiger partial charge >= 0.3 is 6.18 Å². The van der Waals surface area contributed by atoms with Gasteiger partial charge in [0, 0.05) is 18.2 Å². The number of aromatic nitrogens is 2. The summed E-state index contributed by atoms with van der Waals surface area (Å²) >= 11 is 6.10. The van der Waals surface area contributed by atoms with Crippen LogP contribution in [0.4, 0.5) is 13.2 Å². The van der Waals surface area contributed by atoms with Crippen molar-refractivity contribution >= 4 is 17.2 Å². The molecule has 2 aromatic heterocycles. The van der Waals surface area contributed by atoms with Gasteiger partial charge in [0.05, 0.1) is 22.0 Å². The molecule has 0 aliphatic carbocycles. The van der Waals surface area contributed by atoms with Crippen molar-refractivity contribution < 1.29 is 13.2 Å². The number of imidazole rings is 1. The zero-order valence-electron chi connectivity index (χ0n) is 13.8. The van der Waals surface area contributed by atoms with E-state index in [9.17, 15) is 13.2 Å². The van der Waals surface area contributed by atoms with Crippen LogP contribution in [0.25, 0.3) is 16.9 Å². The van der Waals surface area contributed by atoms with Crippen molar-refractivity contribution in [3.63, 3.8) is 0 Å². The maximum absolute atomic E-state index is 13.2. The Morgan fingerprint density at radius 3 is 2.60 bits per heavy atom. The van der Waals surface area contributed by atoms with Gasteiger partial charge < -0.3 is 5.73 Å². The molecule has 7 heteroatoms. The molecule has 132 valence electrons. The van der Waals surface area contributed by atoms with Gasteiger partial charge in [-0.1, -0.05) is 29.8 Å². The van der Waals surface area contributed by atoms with E-state index in [-0.39, 0.29) is 5.02 Å². The lowest BCUT2D eigenvalue weighted by Gasteiger charge is -2.13. The molecule has 0 atom stereocenters. The molecule has 3 nitrogen and oxygen atoms in total. The van der Waals surface area contributed by atoms with Crippen molar-refractivity contribution in [1.82, 2.24) is 9.38 Å². The zero-order valence-corrected chi connectivity index (χ0v) is 14.5. The summed E-state index contributed by atoms with van der Waals surface area (Å²) in [4.78, 5) is 4.46. The summed E-state index contributed by atoms with van der Waals surface area (Å²) in [6.07, 6.45) is -3.00. The van der Waals surface area contributed by atoms with Gasteiger partial charge in [-0.15, -0.1) is 0 Å². The van der Waals surface area contributed by atoms with Crippen LogP contribution in [0.15, 0.2) is 30.5 Å². The van der Waals surface area contributed by atoms with Gasteiger partial charge in [-0.25, -0.2) is 4.98 Å². The fraction of sp³-hybridized carbons (Fsp3) is 0.278. The van der Waals surface area contributed by atoms with E-state index in [1.165, 1.54) is 4.40 Å². The van der Waals surface area contributed by atoms with Crippen LogP contribution in [-0.4, -0.2) is 15.9 Å². The van der Waals surface area contributed by atoms with Crippen molar-refractivity contribution in [3.05, 3.63) is 57.9 Å². The Morgan fingerprint density at radius 1 is 1.24 bits per heavy atom. The predicted molar refractivity (Wildman–Crippen MR) is 92.9 cm³/mol. The number of hydrogen-bond acceptors (Lipinski definition) is 2. The van der Waals surface area contributed by atoms with E-state index in [1.807, 2.05) is 32.0 Å². The molecule has 0 radical (unpaired) electrons. The monoisotopic (exact) mass is 367 g/mol. The molecule has 0 fully saturated rings. The first-order valence-electron chi connectivity index (χ1n) is 7.78. The number of nitrogens with zero attached hydrogens (tertiary/aromatic N) is 2. The SMILES string of the molecule is Cc1cccc(-c2c(CCN)nc3c(Cl)cc(C(F)(F)F)cn23)c1C. The Kier molecular flexibility index (Phi) is 4.51. The first-order chi connectivity index (χ1) is 11.7. The smallest absolute Gasteiger partial charge is 0.330 e. The lowest BCUT2D eigenvalue weighted by molar-refractivity contribution is -0.137. The van der Waals surface area contributed by atoms with Crippen molar-refractivity contribution in [2.24, 2.45) is 5.73 Å². The molecule has 1 aromatic carbocycles. The Balaban J connectivity index is 2.40. The van der Waals surface area contributed by atoms with Crippen LogP contribution < -0.4 is 5.73 Å². The van der Waals surface area contributed by atoms with Crippen molar-refractivity contribution in [1.29, 1.82) is 0 Å². The van der Waals surface area contributed by atoms with Gasteiger partial charge in [0.15, 0.2) is 5.65 Å². The number of nitrogens with two attached hydrogens (primary N) is 1. The number of pyridine rings is 1. The third kappa shape index (κ3) is 3.12. The predicted octanol–water partition coefficient (Wildman–Crippen LogP) is 4.79. The lowest BCUT2D eigenvalue weighted by Crippen LogP contribution is -2.07. The number of fused-ring (bicyclic) bond motifs is 1. The van der Waals surface area contributed by atoms with Gasteiger partial charge in [-0.2, -0.15) is 13.2 Å². The highest BCUT2D eigenvalue weighted by atomic mass is 35.5. The highest BCUT2D eigenvalue weighted by molar-refractivity contribution is 6.33. The number of halogens is 4. The van der Waals surface area contributed by atoms with Crippen molar-refractivity contribution in [3.8, 4) is 11.3 Å². The van der Waals surface area contributed by atoms with Crippen LogP contribution in [-0.2, 0) is 12.6 Å².